The molecule has 1 aliphatic heterocycles. The summed E-state index contributed by atoms with van der Waals surface area (Å²) < 4.78 is 29.6. The van der Waals surface area contributed by atoms with Crippen molar-refractivity contribution in [2.75, 3.05) is 24.0 Å². The van der Waals surface area contributed by atoms with Crippen LogP contribution in [0, 0.1) is 12.7 Å². The zero-order valence-corrected chi connectivity index (χ0v) is 18.5. The van der Waals surface area contributed by atoms with E-state index in [0.29, 0.717) is 17.1 Å². The average molecular weight is 470 g/mol. The molecule has 2 amide bonds. The number of thiophene rings is 1. The molecule has 4 rings (SSSR count). The minimum absolute atomic E-state index is 0.000991. The Kier molecular flexibility index (Phi) is 6.27. The topological polar surface area (TPSA) is 103 Å². The molecule has 3 aromatic rings. The van der Waals surface area contributed by atoms with Gasteiger partial charge in [-0.2, -0.15) is 0 Å². The number of benzene rings is 2. The number of esters is 1. The summed E-state index contributed by atoms with van der Waals surface area (Å²) in [6.07, 6.45) is 0. The third-order valence-corrected chi connectivity index (χ3v) is 6.02. The SMILES string of the molecule is CCOC(=O)c1c(NC(=O)c2ccc3c(c2)OCO3)sc(C(=O)Nc2ccccc2F)c1C. The van der Waals surface area contributed by atoms with E-state index in [1.807, 2.05) is 0 Å². The van der Waals surface area contributed by atoms with Crippen LogP contribution < -0.4 is 20.1 Å². The number of hydrogen-bond donors (Lipinski definition) is 2. The molecule has 1 aromatic heterocycles. The van der Waals surface area contributed by atoms with Crippen molar-refractivity contribution >= 4 is 39.8 Å². The lowest BCUT2D eigenvalue weighted by Crippen LogP contribution is -2.15. The van der Waals surface area contributed by atoms with Gasteiger partial charge in [-0.25, -0.2) is 9.18 Å². The minimum Gasteiger partial charge on any atom is -0.462 e. The molecule has 2 aromatic carbocycles. The first-order chi connectivity index (χ1) is 15.9. The number of rotatable bonds is 6. The number of anilines is 2. The van der Waals surface area contributed by atoms with Crippen molar-refractivity contribution in [3.8, 4) is 11.5 Å². The maximum absolute atomic E-state index is 14.0. The van der Waals surface area contributed by atoms with Crippen LogP contribution in [0.4, 0.5) is 15.1 Å². The molecule has 0 saturated carbocycles. The van der Waals surface area contributed by atoms with Crippen LogP contribution in [0.2, 0.25) is 0 Å². The van der Waals surface area contributed by atoms with E-state index in [1.165, 1.54) is 24.3 Å². The standard InChI is InChI=1S/C23H19FN2O6S/c1-3-30-23(29)18-12(2)19(21(28)25-15-7-5-4-6-14(15)24)33-22(18)26-20(27)13-8-9-16-17(10-13)32-11-31-16/h4-10H,3,11H2,1-2H3,(H,25,28)(H,26,27). The number of carbonyl (C=O) groups is 3. The Morgan fingerprint density at radius 1 is 1.06 bits per heavy atom. The molecule has 0 aliphatic carbocycles. The average Bonchev–Trinajstić information content (AvgIpc) is 3.39. The van der Waals surface area contributed by atoms with Crippen LogP contribution in [0.3, 0.4) is 0 Å². The predicted molar refractivity (Wildman–Crippen MR) is 120 cm³/mol. The molecule has 0 saturated heterocycles. The molecular formula is C23H19FN2O6S. The van der Waals surface area contributed by atoms with Crippen LogP contribution in [0.15, 0.2) is 42.5 Å². The van der Waals surface area contributed by atoms with Crippen molar-refractivity contribution in [3.63, 3.8) is 0 Å². The van der Waals surface area contributed by atoms with Gasteiger partial charge in [0.15, 0.2) is 11.5 Å². The molecule has 1 aliphatic rings. The van der Waals surface area contributed by atoms with Crippen LogP contribution in [0.1, 0.15) is 42.9 Å². The van der Waals surface area contributed by atoms with Gasteiger partial charge in [-0.15, -0.1) is 11.3 Å². The van der Waals surface area contributed by atoms with Crippen molar-refractivity contribution in [2.24, 2.45) is 0 Å². The molecule has 170 valence electrons. The highest BCUT2D eigenvalue weighted by molar-refractivity contribution is 7.19. The van der Waals surface area contributed by atoms with Gasteiger partial charge >= 0.3 is 5.97 Å². The van der Waals surface area contributed by atoms with E-state index in [2.05, 4.69) is 10.6 Å². The Morgan fingerprint density at radius 2 is 1.82 bits per heavy atom. The first-order valence-electron chi connectivity index (χ1n) is 9.96. The van der Waals surface area contributed by atoms with Gasteiger partial charge in [0.2, 0.25) is 6.79 Å². The summed E-state index contributed by atoms with van der Waals surface area (Å²) in [6, 6.07) is 10.4. The molecular weight excluding hydrogens is 451 g/mol. The maximum Gasteiger partial charge on any atom is 0.341 e. The number of fused-ring (bicyclic) bond motifs is 1. The third kappa shape index (κ3) is 4.51. The van der Waals surface area contributed by atoms with Gasteiger partial charge in [0.05, 0.1) is 22.7 Å². The summed E-state index contributed by atoms with van der Waals surface area (Å²) >= 11 is 0.899. The predicted octanol–water partition coefficient (Wildman–Crippen LogP) is 4.61. The number of halogens is 1. The Bertz CT molecular complexity index is 1260. The Morgan fingerprint density at radius 3 is 2.58 bits per heavy atom. The smallest absolute Gasteiger partial charge is 0.341 e. The van der Waals surface area contributed by atoms with E-state index >= 15 is 0 Å². The highest BCUT2D eigenvalue weighted by Crippen LogP contribution is 2.36. The number of carbonyl (C=O) groups excluding carboxylic acids is 3. The van der Waals surface area contributed by atoms with Crippen molar-refractivity contribution in [1.82, 2.24) is 0 Å². The normalized spacial score (nSPS) is 11.7. The van der Waals surface area contributed by atoms with Gasteiger partial charge in [-0.3, -0.25) is 9.59 Å². The zero-order valence-electron chi connectivity index (χ0n) is 17.7. The lowest BCUT2D eigenvalue weighted by molar-refractivity contribution is 0.0527. The number of hydrogen-bond acceptors (Lipinski definition) is 7. The number of amides is 2. The molecule has 33 heavy (non-hydrogen) atoms. The minimum atomic E-state index is -0.683. The van der Waals surface area contributed by atoms with E-state index in [4.69, 9.17) is 14.2 Å². The highest BCUT2D eigenvalue weighted by Gasteiger charge is 2.27. The summed E-state index contributed by atoms with van der Waals surface area (Å²) in [6.45, 7) is 3.39. The Balaban J connectivity index is 1.65. The molecule has 0 bridgehead atoms. The van der Waals surface area contributed by atoms with Gasteiger partial charge in [0, 0.05) is 5.56 Å². The van der Waals surface area contributed by atoms with Crippen LogP contribution in [-0.2, 0) is 4.74 Å². The number of nitrogens with one attached hydrogen (secondary N) is 2. The van der Waals surface area contributed by atoms with Crippen molar-refractivity contribution in [1.29, 1.82) is 0 Å². The van der Waals surface area contributed by atoms with Crippen molar-refractivity contribution < 1.29 is 33.0 Å². The molecule has 0 radical (unpaired) electrons. The van der Waals surface area contributed by atoms with E-state index in [0.717, 1.165) is 11.3 Å². The Labute approximate surface area is 192 Å². The summed E-state index contributed by atoms with van der Waals surface area (Å²) in [5.74, 6) is -1.45. The summed E-state index contributed by atoms with van der Waals surface area (Å²) in [4.78, 5) is 38.5. The summed E-state index contributed by atoms with van der Waals surface area (Å²) in [5, 5.41) is 5.32. The van der Waals surface area contributed by atoms with Crippen molar-refractivity contribution in [2.45, 2.75) is 13.8 Å². The zero-order chi connectivity index (χ0) is 23.5. The molecule has 0 fully saturated rings. The monoisotopic (exact) mass is 470 g/mol. The fraction of sp³-hybridized carbons (Fsp3) is 0.174. The quantitative estimate of drug-likeness (QED) is 0.510. The molecule has 10 heteroatoms. The third-order valence-electron chi connectivity index (χ3n) is 4.82. The molecule has 8 nitrogen and oxygen atoms in total. The summed E-state index contributed by atoms with van der Waals surface area (Å²) in [5.41, 5.74) is 0.652. The van der Waals surface area contributed by atoms with Crippen LogP contribution in [0.25, 0.3) is 0 Å². The van der Waals surface area contributed by atoms with Crippen LogP contribution in [-0.4, -0.2) is 31.2 Å². The maximum atomic E-state index is 14.0. The highest BCUT2D eigenvalue weighted by atomic mass is 32.1. The van der Waals surface area contributed by atoms with Crippen LogP contribution in [0.5, 0.6) is 11.5 Å². The number of ether oxygens (including phenoxy) is 3. The second-order valence-corrected chi connectivity index (χ2v) is 7.96. The molecule has 0 atom stereocenters. The largest absolute Gasteiger partial charge is 0.462 e. The first kappa shape index (κ1) is 22.3. The van der Waals surface area contributed by atoms with Crippen molar-refractivity contribution in [3.05, 3.63) is 69.8 Å². The van der Waals surface area contributed by atoms with Gasteiger partial charge in [-0.1, -0.05) is 12.1 Å². The molecule has 0 spiro atoms. The fourth-order valence-electron chi connectivity index (χ4n) is 3.22. The lowest BCUT2D eigenvalue weighted by Gasteiger charge is -2.07. The summed E-state index contributed by atoms with van der Waals surface area (Å²) in [7, 11) is 0. The molecule has 2 heterocycles. The molecule has 0 unspecified atom stereocenters. The van der Waals surface area contributed by atoms with E-state index in [1.54, 1.807) is 32.0 Å². The second kappa shape index (κ2) is 9.29. The van der Waals surface area contributed by atoms with E-state index in [9.17, 15) is 18.8 Å². The fourth-order valence-corrected chi connectivity index (χ4v) is 4.31. The second-order valence-electron chi connectivity index (χ2n) is 6.94. The van der Waals surface area contributed by atoms with Crippen LogP contribution >= 0.6 is 11.3 Å². The van der Waals surface area contributed by atoms with Gasteiger partial charge < -0.3 is 24.8 Å². The Hall–Kier alpha value is -3.92. The van der Waals surface area contributed by atoms with Gasteiger partial charge in [-0.05, 0) is 49.7 Å². The number of para-hydroxylation sites is 1. The lowest BCUT2D eigenvalue weighted by atomic mass is 10.1. The van der Waals surface area contributed by atoms with E-state index < -0.39 is 23.6 Å². The van der Waals surface area contributed by atoms with Gasteiger partial charge in [0.1, 0.15) is 10.8 Å². The first-order valence-corrected chi connectivity index (χ1v) is 10.8. The van der Waals surface area contributed by atoms with Gasteiger partial charge in [0.25, 0.3) is 11.8 Å². The molecule has 2 N–H and O–H groups in total. The van der Waals surface area contributed by atoms with E-state index in [-0.39, 0.29) is 40.1 Å².